The summed E-state index contributed by atoms with van der Waals surface area (Å²) in [5.74, 6) is -0.172. The van der Waals surface area contributed by atoms with Crippen LogP contribution in [0.4, 0.5) is 4.39 Å². The minimum absolute atomic E-state index is 0.172. The largest absolute Gasteiger partial charge is 0.379 e. The molecule has 1 aromatic rings. The smallest absolute Gasteiger partial charge is 0.123 e. The van der Waals surface area contributed by atoms with Crippen molar-refractivity contribution in [2.24, 2.45) is 0 Å². The van der Waals surface area contributed by atoms with Crippen LogP contribution in [0.25, 0.3) is 0 Å². The van der Waals surface area contributed by atoms with Gasteiger partial charge in [0.1, 0.15) is 12.4 Å². The fourth-order valence-electron chi connectivity index (χ4n) is 1.44. The van der Waals surface area contributed by atoms with Crippen LogP contribution in [0.1, 0.15) is 25.8 Å². The van der Waals surface area contributed by atoms with Crippen LogP contribution in [0.2, 0.25) is 0 Å². The molecule has 0 saturated carbocycles. The van der Waals surface area contributed by atoms with Crippen LogP contribution in [0.5, 0.6) is 0 Å². The highest BCUT2D eigenvalue weighted by Crippen LogP contribution is 2.00. The molecule has 2 nitrogen and oxygen atoms in total. The molecule has 16 heavy (non-hydrogen) atoms. The molecule has 0 radical (unpaired) electrons. The first-order chi connectivity index (χ1) is 7.68. The van der Waals surface area contributed by atoms with Gasteiger partial charge in [0, 0.05) is 12.0 Å². The standard InChI is InChI=1S/C13H20FNO/c1-11(2)16-9-3-8-15-10-12-4-6-13(14)7-5-12/h4-7,11,15H,3,8-10H2,1-2H3/p+1. The van der Waals surface area contributed by atoms with E-state index in [0.717, 1.165) is 31.7 Å². The van der Waals surface area contributed by atoms with Gasteiger partial charge in [0.15, 0.2) is 0 Å². The van der Waals surface area contributed by atoms with E-state index >= 15 is 0 Å². The van der Waals surface area contributed by atoms with Crippen molar-refractivity contribution in [3.05, 3.63) is 35.6 Å². The summed E-state index contributed by atoms with van der Waals surface area (Å²) in [5, 5.41) is 2.22. The highest BCUT2D eigenvalue weighted by atomic mass is 19.1. The summed E-state index contributed by atoms with van der Waals surface area (Å²) in [4.78, 5) is 0. The van der Waals surface area contributed by atoms with Crippen LogP contribution < -0.4 is 5.32 Å². The zero-order chi connectivity index (χ0) is 11.8. The normalized spacial score (nSPS) is 11.0. The van der Waals surface area contributed by atoms with Crippen LogP contribution in [0.3, 0.4) is 0 Å². The molecule has 0 heterocycles. The van der Waals surface area contributed by atoms with Gasteiger partial charge in [0.2, 0.25) is 0 Å². The van der Waals surface area contributed by atoms with Gasteiger partial charge in [-0.15, -0.1) is 0 Å². The molecular formula is C13H21FNO+. The molecule has 0 aromatic heterocycles. The third kappa shape index (κ3) is 5.83. The Hall–Kier alpha value is -0.930. The van der Waals surface area contributed by atoms with Crippen molar-refractivity contribution in [3.63, 3.8) is 0 Å². The topological polar surface area (TPSA) is 25.8 Å². The predicted molar refractivity (Wildman–Crippen MR) is 62.6 cm³/mol. The summed E-state index contributed by atoms with van der Waals surface area (Å²) in [5.41, 5.74) is 1.16. The second-order valence-electron chi connectivity index (χ2n) is 4.18. The molecule has 1 rings (SSSR count). The van der Waals surface area contributed by atoms with Crippen molar-refractivity contribution >= 4 is 0 Å². The molecule has 0 aliphatic carbocycles. The van der Waals surface area contributed by atoms with Crippen LogP contribution in [0.15, 0.2) is 24.3 Å². The Kier molecular flexibility index (Phi) is 6.04. The minimum Gasteiger partial charge on any atom is -0.379 e. The van der Waals surface area contributed by atoms with E-state index in [0.29, 0.717) is 6.10 Å². The van der Waals surface area contributed by atoms with E-state index in [1.54, 1.807) is 0 Å². The third-order valence-electron chi connectivity index (χ3n) is 2.30. The molecule has 0 unspecified atom stereocenters. The maximum Gasteiger partial charge on any atom is 0.123 e. The number of rotatable bonds is 7. The lowest BCUT2D eigenvalue weighted by atomic mass is 10.2. The summed E-state index contributed by atoms with van der Waals surface area (Å²) in [6.45, 7) is 6.86. The minimum atomic E-state index is -0.172. The molecule has 90 valence electrons. The highest BCUT2D eigenvalue weighted by Gasteiger charge is 1.97. The lowest BCUT2D eigenvalue weighted by Crippen LogP contribution is -2.82. The van der Waals surface area contributed by atoms with E-state index in [1.165, 1.54) is 12.1 Å². The fraction of sp³-hybridized carbons (Fsp3) is 0.538. The van der Waals surface area contributed by atoms with Crippen LogP contribution in [-0.4, -0.2) is 19.3 Å². The van der Waals surface area contributed by atoms with Crippen molar-refractivity contribution < 1.29 is 14.4 Å². The maximum absolute atomic E-state index is 12.6. The predicted octanol–water partition coefficient (Wildman–Crippen LogP) is 1.70. The van der Waals surface area contributed by atoms with Crippen LogP contribution in [-0.2, 0) is 11.3 Å². The van der Waals surface area contributed by atoms with Gasteiger partial charge in [-0.05, 0) is 26.0 Å². The van der Waals surface area contributed by atoms with Crippen LogP contribution >= 0.6 is 0 Å². The van der Waals surface area contributed by atoms with Gasteiger partial charge in [0.25, 0.3) is 0 Å². The Labute approximate surface area is 96.8 Å². The van der Waals surface area contributed by atoms with E-state index in [9.17, 15) is 4.39 Å². The van der Waals surface area contributed by atoms with Crippen molar-refractivity contribution in [3.8, 4) is 0 Å². The third-order valence-corrected chi connectivity index (χ3v) is 2.30. The summed E-state index contributed by atoms with van der Waals surface area (Å²) in [6, 6.07) is 6.67. The van der Waals surface area contributed by atoms with Crippen molar-refractivity contribution in [1.82, 2.24) is 0 Å². The highest BCUT2D eigenvalue weighted by molar-refractivity contribution is 5.14. The number of hydrogen-bond donors (Lipinski definition) is 1. The monoisotopic (exact) mass is 226 g/mol. The van der Waals surface area contributed by atoms with Crippen LogP contribution in [0, 0.1) is 5.82 Å². The van der Waals surface area contributed by atoms with Crippen molar-refractivity contribution in [1.29, 1.82) is 0 Å². The summed E-state index contributed by atoms with van der Waals surface area (Å²) < 4.78 is 18.1. The van der Waals surface area contributed by atoms with Gasteiger partial charge in [-0.3, -0.25) is 0 Å². The quantitative estimate of drug-likeness (QED) is 0.704. The van der Waals surface area contributed by atoms with Gasteiger partial charge in [-0.1, -0.05) is 12.1 Å². The van der Waals surface area contributed by atoms with Crippen molar-refractivity contribution in [2.75, 3.05) is 13.2 Å². The molecule has 3 heteroatoms. The van der Waals surface area contributed by atoms with Gasteiger partial charge in [-0.2, -0.15) is 0 Å². The lowest BCUT2D eigenvalue weighted by molar-refractivity contribution is -0.671. The molecule has 0 atom stereocenters. The zero-order valence-electron chi connectivity index (χ0n) is 10.1. The van der Waals surface area contributed by atoms with E-state index in [1.807, 2.05) is 26.0 Å². The number of ether oxygens (including phenoxy) is 1. The van der Waals surface area contributed by atoms with Gasteiger partial charge < -0.3 is 10.1 Å². The summed E-state index contributed by atoms with van der Waals surface area (Å²) in [6.07, 6.45) is 1.37. The Morgan fingerprint density at radius 2 is 1.94 bits per heavy atom. The maximum atomic E-state index is 12.6. The van der Waals surface area contributed by atoms with E-state index in [4.69, 9.17) is 4.74 Å². The molecule has 0 aliphatic rings. The second-order valence-corrected chi connectivity index (χ2v) is 4.18. The van der Waals surface area contributed by atoms with Gasteiger partial charge >= 0.3 is 0 Å². The van der Waals surface area contributed by atoms with Gasteiger partial charge in [-0.25, -0.2) is 4.39 Å². The first-order valence-electron chi connectivity index (χ1n) is 5.86. The average molecular weight is 226 g/mol. The fourth-order valence-corrected chi connectivity index (χ4v) is 1.44. The molecule has 1 aromatic carbocycles. The SMILES string of the molecule is CC(C)OCCC[NH2+]Cc1ccc(F)cc1. The lowest BCUT2D eigenvalue weighted by Gasteiger charge is -2.06. The molecule has 0 bridgehead atoms. The first-order valence-corrected chi connectivity index (χ1v) is 5.86. The number of nitrogens with two attached hydrogens (primary N) is 1. The molecule has 2 N–H and O–H groups in total. The number of quaternary nitrogens is 1. The molecule has 0 spiro atoms. The molecule has 0 fully saturated rings. The summed E-state index contributed by atoms with van der Waals surface area (Å²) >= 11 is 0. The Morgan fingerprint density at radius 1 is 1.25 bits per heavy atom. The molecule has 0 saturated heterocycles. The van der Waals surface area contributed by atoms with E-state index in [-0.39, 0.29) is 5.82 Å². The van der Waals surface area contributed by atoms with Crippen molar-refractivity contribution in [2.45, 2.75) is 32.9 Å². The number of halogens is 1. The second kappa shape index (κ2) is 7.36. The Balaban J connectivity index is 2.05. The summed E-state index contributed by atoms with van der Waals surface area (Å²) in [7, 11) is 0. The number of benzene rings is 1. The Bertz CT molecular complexity index is 284. The average Bonchev–Trinajstić information content (AvgIpc) is 2.25. The molecule has 0 amide bonds. The molecule has 0 aliphatic heterocycles. The molecular weight excluding hydrogens is 205 g/mol. The van der Waals surface area contributed by atoms with Gasteiger partial charge in [0.05, 0.1) is 19.3 Å². The number of hydrogen-bond acceptors (Lipinski definition) is 1. The van der Waals surface area contributed by atoms with E-state index in [2.05, 4.69) is 5.32 Å². The van der Waals surface area contributed by atoms with E-state index < -0.39 is 0 Å². The zero-order valence-corrected chi connectivity index (χ0v) is 10.1. The first kappa shape index (κ1) is 13.1. The Morgan fingerprint density at radius 3 is 2.56 bits per heavy atom.